The molecular weight excluding hydrogens is 191 g/mol. The minimum Gasteiger partial charge on any atom is -0.478 e. The van der Waals surface area contributed by atoms with Crippen LogP contribution in [0.2, 0.25) is 0 Å². The number of halogens is 1. The molecule has 4 heteroatoms. The Kier molecular flexibility index (Phi) is 3.52. The van der Waals surface area contributed by atoms with Crippen molar-refractivity contribution < 1.29 is 14.3 Å². The smallest absolute Gasteiger partial charge is 0.328 e. The lowest BCUT2D eigenvalue weighted by Gasteiger charge is -1.93. The van der Waals surface area contributed by atoms with E-state index >= 15 is 0 Å². The van der Waals surface area contributed by atoms with Crippen molar-refractivity contribution in [3.05, 3.63) is 41.6 Å². The van der Waals surface area contributed by atoms with Gasteiger partial charge in [-0.1, -0.05) is 11.8 Å². The molecule has 0 bridgehead atoms. The van der Waals surface area contributed by atoms with E-state index in [0.717, 1.165) is 11.0 Å². The lowest BCUT2D eigenvalue weighted by molar-refractivity contribution is -0.131. The molecule has 0 radical (unpaired) electrons. The van der Waals surface area contributed by atoms with E-state index in [1.807, 2.05) is 0 Å². The molecule has 0 aliphatic heterocycles. The molecule has 13 heavy (non-hydrogen) atoms. The number of hydrogen-bond acceptors (Lipinski definition) is 2. The molecule has 0 atom stereocenters. The van der Waals surface area contributed by atoms with Crippen molar-refractivity contribution in [3.8, 4) is 0 Å². The molecule has 1 N–H and O–H groups in total. The van der Waals surface area contributed by atoms with E-state index in [2.05, 4.69) is 0 Å². The molecule has 1 rings (SSSR count). The van der Waals surface area contributed by atoms with Crippen LogP contribution in [0.25, 0.3) is 0 Å². The summed E-state index contributed by atoms with van der Waals surface area (Å²) in [6, 6.07) is 5.84. The standard InChI is InChI=1S/C9H7FO2S/c10-7-1-3-8(4-2-7)13-6-5-9(11)12/h1-6H,(H,11,12). The summed E-state index contributed by atoms with van der Waals surface area (Å²) in [7, 11) is 0. The van der Waals surface area contributed by atoms with Crippen molar-refractivity contribution in [1.29, 1.82) is 0 Å². The highest BCUT2D eigenvalue weighted by molar-refractivity contribution is 8.02. The summed E-state index contributed by atoms with van der Waals surface area (Å²) in [4.78, 5) is 10.9. The molecule has 68 valence electrons. The van der Waals surface area contributed by atoms with E-state index in [0.29, 0.717) is 0 Å². The number of carboxylic acids is 1. The fourth-order valence-electron chi connectivity index (χ4n) is 0.684. The van der Waals surface area contributed by atoms with Crippen LogP contribution in [0, 0.1) is 5.82 Å². The third kappa shape index (κ3) is 3.75. The Morgan fingerprint density at radius 2 is 2.00 bits per heavy atom. The molecule has 0 aliphatic carbocycles. The van der Waals surface area contributed by atoms with Gasteiger partial charge >= 0.3 is 5.97 Å². The van der Waals surface area contributed by atoms with Crippen molar-refractivity contribution in [3.63, 3.8) is 0 Å². The van der Waals surface area contributed by atoms with Gasteiger partial charge in [0.25, 0.3) is 0 Å². The number of carboxylic acid groups (broad SMARTS) is 1. The highest BCUT2D eigenvalue weighted by atomic mass is 32.2. The average Bonchev–Trinajstić information content (AvgIpc) is 2.08. The summed E-state index contributed by atoms with van der Waals surface area (Å²) in [5, 5.41) is 9.72. The number of carbonyl (C=O) groups is 1. The molecule has 1 aromatic carbocycles. The van der Waals surface area contributed by atoms with Gasteiger partial charge in [0.15, 0.2) is 0 Å². The van der Waals surface area contributed by atoms with Gasteiger partial charge in [-0.25, -0.2) is 9.18 Å². The summed E-state index contributed by atoms with van der Waals surface area (Å²) >= 11 is 1.23. The van der Waals surface area contributed by atoms with Gasteiger partial charge in [0.1, 0.15) is 5.82 Å². The highest BCUT2D eigenvalue weighted by Crippen LogP contribution is 2.18. The molecule has 2 nitrogen and oxygen atoms in total. The van der Waals surface area contributed by atoms with Crippen LogP contribution < -0.4 is 0 Å². The third-order valence-electron chi connectivity index (χ3n) is 1.23. The molecule has 0 saturated carbocycles. The van der Waals surface area contributed by atoms with Crippen molar-refractivity contribution in [2.75, 3.05) is 0 Å². The first-order valence-electron chi connectivity index (χ1n) is 3.50. The highest BCUT2D eigenvalue weighted by Gasteiger charge is 1.92. The van der Waals surface area contributed by atoms with Crippen LogP contribution in [0.1, 0.15) is 0 Å². The van der Waals surface area contributed by atoms with Gasteiger partial charge in [-0.2, -0.15) is 0 Å². The molecule has 0 unspecified atom stereocenters. The third-order valence-corrected chi connectivity index (χ3v) is 2.04. The van der Waals surface area contributed by atoms with Gasteiger partial charge < -0.3 is 5.11 Å². The fourth-order valence-corrected chi connectivity index (χ4v) is 1.32. The number of thioether (sulfide) groups is 1. The van der Waals surface area contributed by atoms with E-state index in [9.17, 15) is 9.18 Å². The maximum atomic E-state index is 12.4. The molecule has 0 spiro atoms. The van der Waals surface area contributed by atoms with Crippen molar-refractivity contribution in [2.45, 2.75) is 4.90 Å². The second-order valence-corrected chi connectivity index (χ2v) is 3.19. The second-order valence-electron chi connectivity index (χ2n) is 2.21. The largest absolute Gasteiger partial charge is 0.478 e. The molecule has 0 heterocycles. The zero-order valence-electron chi connectivity index (χ0n) is 6.61. The van der Waals surface area contributed by atoms with Crippen LogP contribution in [0.3, 0.4) is 0 Å². The molecular formula is C9H7FO2S. The van der Waals surface area contributed by atoms with Gasteiger partial charge in [0.05, 0.1) is 0 Å². The van der Waals surface area contributed by atoms with Crippen molar-refractivity contribution >= 4 is 17.7 Å². The van der Waals surface area contributed by atoms with Crippen LogP contribution in [0.5, 0.6) is 0 Å². The van der Waals surface area contributed by atoms with E-state index in [4.69, 9.17) is 5.11 Å². The maximum absolute atomic E-state index is 12.4. The first-order valence-corrected chi connectivity index (χ1v) is 4.38. The van der Waals surface area contributed by atoms with Gasteiger partial charge in [-0.05, 0) is 29.7 Å². The minimum atomic E-state index is -0.991. The van der Waals surface area contributed by atoms with Crippen LogP contribution in [0.4, 0.5) is 4.39 Å². The predicted molar refractivity (Wildman–Crippen MR) is 49.0 cm³/mol. The number of benzene rings is 1. The predicted octanol–water partition coefficient (Wildman–Crippen LogP) is 2.52. The molecule has 1 aromatic rings. The number of aliphatic carboxylic acids is 1. The van der Waals surface area contributed by atoms with Crippen LogP contribution >= 0.6 is 11.8 Å². The Bertz CT molecular complexity index is 319. The Balaban J connectivity index is 2.55. The molecule has 0 amide bonds. The zero-order chi connectivity index (χ0) is 9.68. The van der Waals surface area contributed by atoms with E-state index < -0.39 is 5.97 Å². The summed E-state index contributed by atoms with van der Waals surface area (Å²) < 4.78 is 12.4. The van der Waals surface area contributed by atoms with E-state index in [1.54, 1.807) is 12.1 Å². The lowest BCUT2D eigenvalue weighted by Crippen LogP contribution is -1.84. The van der Waals surface area contributed by atoms with Crippen LogP contribution in [-0.4, -0.2) is 11.1 Å². The number of hydrogen-bond donors (Lipinski definition) is 1. The van der Waals surface area contributed by atoms with E-state index in [1.165, 1.54) is 29.3 Å². The summed E-state index contributed by atoms with van der Waals surface area (Å²) in [5.74, 6) is -1.29. The van der Waals surface area contributed by atoms with Gasteiger partial charge in [-0.15, -0.1) is 0 Å². The molecule has 0 aliphatic rings. The first kappa shape index (κ1) is 9.80. The molecule has 0 saturated heterocycles. The Morgan fingerprint density at radius 1 is 1.38 bits per heavy atom. The SMILES string of the molecule is O=C(O)C=CSc1ccc(F)cc1. The average molecular weight is 198 g/mol. The zero-order valence-corrected chi connectivity index (χ0v) is 7.42. The number of rotatable bonds is 3. The molecule has 0 aromatic heterocycles. The Hall–Kier alpha value is -1.29. The topological polar surface area (TPSA) is 37.3 Å². The van der Waals surface area contributed by atoms with Crippen LogP contribution in [0.15, 0.2) is 40.6 Å². The summed E-state index contributed by atoms with van der Waals surface area (Å²) in [6.45, 7) is 0. The molecule has 0 fully saturated rings. The van der Waals surface area contributed by atoms with E-state index in [-0.39, 0.29) is 5.82 Å². The second kappa shape index (κ2) is 4.67. The van der Waals surface area contributed by atoms with Gasteiger partial charge in [0.2, 0.25) is 0 Å². The summed E-state index contributed by atoms with van der Waals surface area (Å²) in [5.41, 5.74) is 0. The van der Waals surface area contributed by atoms with Gasteiger partial charge in [0, 0.05) is 11.0 Å². The lowest BCUT2D eigenvalue weighted by atomic mass is 10.4. The Labute approximate surface area is 79.1 Å². The fraction of sp³-hybridized carbons (Fsp3) is 0. The maximum Gasteiger partial charge on any atom is 0.328 e. The minimum absolute atomic E-state index is 0.299. The summed E-state index contributed by atoms with van der Waals surface area (Å²) in [6.07, 6.45) is 1.04. The van der Waals surface area contributed by atoms with Crippen molar-refractivity contribution in [1.82, 2.24) is 0 Å². The monoisotopic (exact) mass is 198 g/mol. The van der Waals surface area contributed by atoms with Gasteiger partial charge in [-0.3, -0.25) is 0 Å². The quantitative estimate of drug-likeness (QED) is 0.599. The normalized spacial score (nSPS) is 10.5. The Morgan fingerprint density at radius 3 is 2.54 bits per heavy atom. The first-order chi connectivity index (χ1) is 6.18. The van der Waals surface area contributed by atoms with Crippen LogP contribution in [-0.2, 0) is 4.79 Å². The van der Waals surface area contributed by atoms with Crippen molar-refractivity contribution in [2.24, 2.45) is 0 Å².